The monoisotopic (exact) mass is 438 g/mol. The fourth-order valence-electron chi connectivity index (χ4n) is 5.16. The number of aliphatic carboxylic acids is 1. The van der Waals surface area contributed by atoms with Crippen molar-refractivity contribution in [3.63, 3.8) is 0 Å². The molecule has 164 valence electrons. The van der Waals surface area contributed by atoms with Gasteiger partial charge in [0.05, 0.1) is 6.04 Å². The van der Waals surface area contributed by atoms with Crippen molar-refractivity contribution in [3.05, 3.63) is 60.7 Å². The largest absolute Gasteiger partial charge is 0.480 e. The third-order valence-corrected chi connectivity index (χ3v) is 9.72. The number of nitrogens with one attached hydrogen (secondary N) is 2. The maximum Gasteiger partial charge on any atom is 0.320 e. The van der Waals surface area contributed by atoms with E-state index in [-0.39, 0.29) is 11.9 Å². The van der Waals surface area contributed by atoms with Crippen LogP contribution in [0.25, 0.3) is 0 Å². The maximum absolute atomic E-state index is 12.8. The van der Waals surface area contributed by atoms with E-state index in [1.165, 1.54) is 23.5 Å². The summed E-state index contributed by atoms with van der Waals surface area (Å²) in [5.41, 5.74) is 0.512. The van der Waals surface area contributed by atoms with Crippen molar-refractivity contribution in [3.8, 4) is 0 Å². The summed E-state index contributed by atoms with van der Waals surface area (Å²) in [7, 11) is -0.519. The van der Waals surface area contributed by atoms with E-state index in [1.807, 2.05) is 0 Å². The maximum atomic E-state index is 12.8. The normalized spacial score (nSPS) is 26.6. The Balaban J connectivity index is 1.50. The summed E-state index contributed by atoms with van der Waals surface area (Å²) >= 11 is 0. The van der Waals surface area contributed by atoms with Crippen LogP contribution >= 0.6 is 7.92 Å². The molecule has 5 atom stereocenters. The highest BCUT2D eigenvalue weighted by atomic mass is 31.1. The van der Waals surface area contributed by atoms with Crippen molar-refractivity contribution >= 4 is 30.4 Å². The van der Waals surface area contributed by atoms with Crippen molar-refractivity contribution in [1.29, 1.82) is 0 Å². The minimum absolute atomic E-state index is 0.0584. The lowest BCUT2D eigenvalue weighted by Gasteiger charge is -2.34. The highest BCUT2D eigenvalue weighted by molar-refractivity contribution is 7.73. The molecule has 2 fully saturated rings. The molecule has 31 heavy (non-hydrogen) atoms. The molecular formula is C25H31N2O3P. The molecule has 1 amide bonds. The first-order valence-corrected chi connectivity index (χ1v) is 12.6. The summed E-state index contributed by atoms with van der Waals surface area (Å²) in [6.07, 6.45) is 4.53. The summed E-state index contributed by atoms with van der Waals surface area (Å²) in [5, 5.41) is 18.2. The van der Waals surface area contributed by atoms with Gasteiger partial charge in [-0.15, -0.1) is 0 Å². The lowest BCUT2D eigenvalue weighted by molar-refractivity contribution is -0.139. The molecule has 2 unspecified atom stereocenters. The third-order valence-electron chi connectivity index (χ3n) is 6.71. The van der Waals surface area contributed by atoms with Crippen molar-refractivity contribution < 1.29 is 14.7 Å². The molecule has 6 heteroatoms. The molecule has 1 aliphatic carbocycles. The van der Waals surface area contributed by atoms with E-state index in [0.29, 0.717) is 24.4 Å². The van der Waals surface area contributed by atoms with Crippen LogP contribution in [0.3, 0.4) is 0 Å². The predicted molar refractivity (Wildman–Crippen MR) is 125 cm³/mol. The quantitative estimate of drug-likeness (QED) is 0.581. The fourth-order valence-corrected chi connectivity index (χ4v) is 8.44. The van der Waals surface area contributed by atoms with Gasteiger partial charge in [0.2, 0.25) is 5.91 Å². The Morgan fingerprint density at radius 3 is 2.06 bits per heavy atom. The Bertz CT molecular complexity index is 853. The van der Waals surface area contributed by atoms with Crippen molar-refractivity contribution in [2.75, 3.05) is 0 Å². The van der Waals surface area contributed by atoms with Gasteiger partial charge in [-0.2, -0.15) is 0 Å². The van der Waals surface area contributed by atoms with E-state index < -0.39 is 26.0 Å². The molecule has 2 aromatic carbocycles. The molecule has 5 nitrogen and oxygen atoms in total. The molecule has 1 saturated heterocycles. The van der Waals surface area contributed by atoms with Gasteiger partial charge in [-0.3, -0.25) is 14.9 Å². The van der Waals surface area contributed by atoms with Crippen molar-refractivity contribution in [2.45, 2.75) is 62.8 Å². The molecule has 0 spiro atoms. The minimum atomic E-state index is -0.879. The Labute approximate surface area is 185 Å². The van der Waals surface area contributed by atoms with Gasteiger partial charge in [0, 0.05) is 6.04 Å². The first kappa shape index (κ1) is 22.0. The molecule has 1 heterocycles. The average Bonchev–Trinajstić information content (AvgIpc) is 3.46. The second-order valence-corrected chi connectivity index (χ2v) is 11.1. The SMILES string of the molecule is C[C@@H](NC(=O)[C@H]1CC[C@H](C(=O)O)N1)C1CCCC1P(c1ccccc1)c1ccccc1. The first-order valence-electron chi connectivity index (χ1n) is 11.2. The Kier molecular flexibility index (Phi) is 7.04. The van der Waals surface area contributed by atoms with Gasteiger partial charge in [0.1, 0.15) is 6.04 Å². The standard InChI is InChI=1S/C25H31N2O3P/c1-17(26-24(28)21-15-16-22(27-21)25(29)30)20-13-8-14-23(20)31(18-9-4-2-5-10-18)19-11-6-3-7-12-19/h2-7,9-12,17,20-23,27H,8,13-16H2,1H3,(H,26,28)(H,29,30)/t17-,20?,21-,22-,23?/m1/s1. The number of carboxylic acid groups (broad SMARTS) is 1. The van der Waals surface area contributed by atoms with Crippen LogP contribution < -0.4 is 21.2 Å². The Hall–Kier alpha value is -2.23. The van der Waals surface area contributed by atoms with Crippen LogP contribution in [0, 0.1) is 5.92 Å². The van der Waals surface area contributed by atoms with Crippen LogP contribution in [0.2, 0.25) is 0 Å². The highest BCUT2D eigenvalue weighted by Gasteiger charge is 2.40. The topological polar surface area (TPSA) is 78.4 Å². The number of carbonyl (C=O) groups excluding carboxylic acids is 1. The van der Waals surface area contributed by atoms with Crippen LogP contribution in [0.1, 0.15) is 39.0 Å². The molecule has 1 saturated carbocycles. The molecule has 0 bridgehead atoms. The molecule has 1 aliphatic heterocycles. The van der Waals surface area contributed by atoms with E-state index in [0.717, 1.165) is 6.42 Å². The zero-order chi connectivity index (χ0) is 21.8. The van der Waals surface area contributed by atoms with Gasteiger partial charge in [-0.25, -0.2) is 0 Å². The Morgan fingerprint density at radius 2 is 1.52 bits per heavy atom. The molecule has 2 aliphatic rings. The van der Waals surface area contributed by atoms with Crippen LogP contribution in [-0.4, -0.2) is 40.8 Å². The molecule has 0 aromatic heterocycles. The smallest absolute Gasteiger partial charge is 0.320 e. The van der Waals surface area contributed by atoms with Crippen LogP contribution in [-0.2, 0) is 9.59 Å². The summed E-state index contributed by atoms with van der Waals surface area (Å²) < 4.78 is 0. The van der Waals surface area contributed by atoms with E-state index in [1.54, 1.807) is 0 Å². The van der Waals surface area contributed by atoms with Gasteiger partial charge < -0.3 is 10.4 Å². The number of rotatable bonds is 7. The summed E-state index contributed by atoms with van der Waals surface area (Å²) in [5.74, 6) is -0.534. The minimum Gasteiger partial charge on any atom is -0.480 e. The highest BCUT2D eigenvalue weighted by Crippen LogP contribution is 2.51. The van der Waals surface area contributed by atoms with Gasteiger partial charge in [-0.05, 0) is 62.7 Å². The molecule has 0 radical (unpaired) electrons. The summed E-state index contributed by atoms with van der Waals surface area (Å²) in [4.78, 5) is 24.0. The predicted octanol–water partition coefficient (Wildman–Crippen LogP) is 3.00. The molecule has 4 rings (SSSR count). The molecule has 2 aromatic rings. The van der Waals surface area contributed by atoms with E-state index in [4.69, 9.17) is 0 Å². The van der Waals surface area contributed by atoms with Gasteiger partial charge in [-0.1, -0.05) is 67.1 Å². The van der Waals surface area contributed by atoms with Crippen LogP contribution in [0.5, 0.6) is 0 Å². The number of benzene rings is 2. The molecular weight excluding hydrogens is 407 g/mol. The van der Waals surface area contributed by atoms with E-state index in [2.05, 4.69) is 78.2 Å². The van der Waals surface area contributed by atoms with Gasteiger partial charge >= 0.3 is 5.97 Å². The number of amides is 1. The zero-order valence-electron chi connectivity index (χ0n) is 17.9. The van der Waals surface area contributed by atoms with E-state index >= 15 is 0 Å². The summed E-state index contributed by atoms with van der Waals surface area (Å²) in [6, 6.07) is 20.6. The van der Waals surface area contributed by atoms with Gasteiger partial charge in [0.25, 0.3) is 0 Å². The second-order valence-electron chi connectivity index (χ2n) is 8.69. The Morgan fingerprint density at radius 1 is 0.935 bits per heavy atom. The van der Waals surface area contributed by atoms with Crippen molar-refractivity contribution in [1.82, 2.24) is 10.6 Å². The lowest BCUT2D eigenvalue weighted by Crippen LogP contribution is -2.50. The second kappa shape index (κ2) is 9.93. The number of carbonyl (C=O) groups is 2. The van der Waals surface area contributed by atoms with Crippen LogP contribution in [0.4, 0.5) is 0 Å². The lowest BCUT2D eigenvalue weighted by atomic mass is 9.99. The number of hydrogen-bond donors (Lipinski definition) is 3. The zero-order valence-corrected chi connectivity index (χ0v) is 18.8. The molecule has 3 N–H and O–H groups in total. The van der Waals surface area contributed by atoms with Gasteiger partial charge in [0.15, 0.2) is 0 Å². The number of hydrogen-bond acceptors (Lipinski definition) is 3. The van der Waals surface area contributed by atoms with E-state index in [9.17, 15) is 14.7 Å². The summed E-state index contributed by atoms with van der Waals surface area (Å²) in [6.45, 7) is 2.12. The first-order chi connectivity index (χ1) is 15.0. The average molecular weight is 439 g/mol. The van der Waals surface area contributed by atoms with Crippen LogP contribution in [0.15, 0.2) is 60.7 Å². The third kappa shape index (κ3) is 4.99. The number of carboxylic acids is 1. The fraction of sp³-hybridized carbons (Fsp3) is 0.440. The van der Waals surface area contributed by atoms with Crippen molar-refractivity contribution in [2.24, 2.45) is 5.92 Å².